The van der Waals surface area contributed by atoms with Gasteiger partial charge in [0.1, 0.15) is 11.6 Å². The molecular weight excluding hydrogens is 349 g/mol. The standard InChI is InChI=1S/C20H22FN3O3/c1-13-20(26)24(10-9-23(2)3)17-12-16(7-8-18(17)27-13)22-19(25)14-5-4-6-15(21)11-14/h4-8,11-13H,9-10H2,1-3H3,(H,22,25). The van der Waals surface area contributed by atoms with Gasteiger partial charge in [0, 0.05) is 24.3 Å². The number of ether oxygens (including phenoxy) is 1. The zero-order chi connectivity index (χ0) is 19.6. The predicted molar refractivity (Wildman–Crippen MR) is 102 cm³/mol. The average molecular weight is 371 g/mol. The smallest absolute Gasteiger partial charge is 0.267 e. The van der Waals surface area contributed by atoms with Crippen LogP contribution in [-0.2, 0) is 4.79 Å². The summed E-state index contributed by atoms with van der Waals surface area (Å²) in [6.07, 6.45) is -0.563. The number of fused-ring (bicyclic) bond motifs is 1. The molecule has 1 heterocycles. The molecule has 1 aliphatic rings. The molecule has 0 saturated heterocycles. The summed E-state index contributed by atoms with van der Waals surface area (Å²) in [4.78, 5) is 28.6. The van der Waals surface area contributed by atoms with Gasteiger partial charge in [0.05, 0.1) is 5.69 Å². The highest BCUT2D eigenvalue weighted by atomic mass is 19.1. The Kier molecular flexibility index (Phi) is 5.41. The number of hydrogen-bond donors (Lipinski definition) is 1. The van der Waals surface area contributed by atoms with E-state index in [-0.39, 0.29) is 11.5 Å². The third-order valence-electron chi connectivity index (χ3n) is 4.28. The monoisotopic (exact) mass is 371 g/mol. The first-order valence-corrected chi connectivity index (χ1v) is 8.69. The van der Waals surface area contributed by atoms with Crippen LogP contribution in [0.15, 0.2) is 42.5 Å². The van der Waals surface area contributed by atoms with Crippen molar-refractivity contribution in [3.05, 3.63) is 53.8 Å². The van der Waals surface area contributed by atoms with Gasteiger partial charge < -0.3 is 19.9 Å². The molecule has 2 amide bonds. The van der Waals surface area contributed by atoms with Crippen molar-refractivity contribution in [2.75, 3.05) is 37.4 Å². The van der Waals surface area contributed by atoms with Gasteiger partial charge in [-0.25, -0.2) is 4.39 Å². The fourth-order valence-corrected chi connectivity index (χ4v) is 2.85. The molecule has 0 aromatic heterocycles. The van der Waals surface area contributed by atoms with Crippen LogP contribution in [0.2, 0.25) is 0 Å². The molecule has 142 valence electrons. The molecule has 1 atom stereocenters. The lowest BCUT2D eigenvalue weighted by Crippen LogP contribution is -2.46. The zero-order valence-electron chi connectivity index (χ0n) is 15.5. The van der Waals surface area contributed by atoms with Crippen molar-refractivity contribution in [2.45, 2.75) is 13.0 Å². The number of benzene rings is 2. The third kappa shape index (κ3) is 4.25. The molecule has 0 fully saturated rings. The second kappa shape index (κ2) is 7.75. The van der Waals surface area contributed by atoms with Crippen molar-refractivity contribution in [3.8, 4) is 5.75 Å². The maximum Gasteiger partial charge on any atom is 0.267 e. The average Bonchev–Trinajstić information content (AvgIpc) is 2.62. The fourth-order valence-electron chi connectivity index (χ4n) is 2.85. The molecule has 27 heavy (non-hydrogen) atoms. The number of rotatable bonds is 5. The Labute approximate surface area is 157 Å². The topological polar surface area (TPSA) is 61.9 Å². The lowest BCUT2D eigenvalue weighted by Gasteiger charge is -2.34. The molecule has 3 rings (SSSR count). The van der Waals surface area contributed by atoms with E-state index in [1.54, 1.807) is 30.0 Å². The highest BCUT2D eigenvalue weighted by Crippen LogP contribution is 2.36. The summed E-state index contributed by atoms with van der Waals surface area (Å²) in [5.41, 5.74) is 1.33. The Balaban J connectivity index is 1.85. The zero-order valence-corrected chi connectivity index (χ0v) is 15.5. The lowest BCUT2D eigenvalue weighted by molar-refractivity contribution is -0.125. The van der Waals surface area contributed by atoms with Crippen LogP contribution >= 0.6 is 0 Å². The molecule has 6 nitrogen and oxygen atoms in total. The van der Waals surface area contributed by atoms with E-state index in [0.29, 0.717) is 30.2 Å². The second-order valence-electron chi connectivity index (χ2n) is 6.70. The second-order valence-corrected chi connectivity index (χ2v) is 6.70. The van der Waals surface area contributed by atoms with Gasteiger partial charge in [0.25, 0.3) is 11.8 Å². The van der Waals surface area contributed by atoms with Crippen LogP contribution in [0.1, 0.15) is 17.3 Å². The Bertz CT molecular complexity index is 869. The first kappa shape index (κ1) is 18.8. The number of nitrogens with one attached hydrogen (secondary N) is 1. The Morgan fingerprint density at radius 3 is 2.74 bits per heavy atom. The number of amides is 2. The van der Waals surface area contributed by atoms with Crippen molar-refractivity contribution in [2.24, 2.45) is 0 Å². The summed E-state index contributed by atoms with van der Waals surface area (Å²) >= 11 is 0. The summed E-state index contributed by atoms with van der Waals surface area (Å²) in [6.45, 7) is 2.92. The minimum atomic E-state index is -0.563. The molecule has 2 aromatic carbocycles. The highest BCUT2D eigenvalue weighted by Gasteiger charge is 2.31. The molecule has 0 bridgehead atoms. The van der Waals surface area contributed by atoms with Crippen LogP contribution in [0.25, 0.3) is 0 Å². The van der Waals surface area contributed by atoms with Crippen LogP contribution in [0.3, 0.4) is 0 Å². The van der Waals surface area contributed by atoms with Gasteiger partial charge in [-0.2, -0.15) is 0 Å². The molecule has 0 saturated carbocycles. The first-order chi connectivity index (χ1) is 12.8. The Morgan fingerprint density at radius 1 is 1.26 bits per heavy atom. The number of nitrogens with zero attached hydrogens (tertiary/aromatic N) is 2. The van der Waals surface area contributed by atoms with Crippen LogP contribution in [-0.4, -0.2) is 50.0 Å². The van der Waals surface area contributed by atoms with E-state index in [0.717, 1.165) is 0 Å². The van der Waals surface area contributed by atoms with E-state index in [1.165, 1.54) is 24.3 Å². The third-order valence-corrected chi connectivity index (χ3v) is 4.28. The number of hydrogen-bond acceptors (Lipinski definition) is 4. The van der Waals surface area contributed by atoms with E-state index in [2.05, 4.69) is 5.32 Å². The molecule has 0 radical (unpaired) electrons. The summed E-state index contributed by atoms with van der Waals surface area (Å²) in [5, 5.41) is 2.74. The summed E-state index contributed by atoms with van der Waals surface area (Å²) in [5.74, 6) is -0.441. The molecule has 2 aromatic rings. The van der Waals surface area contributed by atoms with E-state index >= 15 is 0 Å². The van der Waals surface area contributed by atoms with Crippen LogP contribution in [0.4, 0.5) is 15.8 Å². The summed E-state index contributed by atoms with van der Waals surface area (Å²) in [7, 11) is 3.87. The fraction of sp³-hybridized carbons (Fsp3) is 0.300. The summed E-state index contributed by atoms with van der Waals surface area (Å²) in [6, 6.07) is 10.6. The van der Waals surface area contributed by atoms with Gasteiger partial charge in [0.15, 0.2) is 6.10 Å². The first-order valence-electron chi connectivity index (χ1n) is 8.69. The van der Waals surface area contributed by atoms with Gasteiger partial charge in [-0.15, -0.1) is 0 Å². The van der Waals surface area contributed by atoms with Gasteiger partial charge >= 0.3 is 0 Å². The number of carbonyl (C=O) groups is 2. The van der Waals surface area contributed by atoms with Crippen molar-refractivity contribution in [1.82, 2.24) is 4.90 Å². The van der Waals surface area contributed by atoms with Crippen LogP contribution in [0.5, 0.6) is 5.75 Å². The highest BCUT2D eigenvalue weighted by molar-refractivity contribution is 6.05. The Morgan fingerprint density at radius 2 is 2.04 bits per heavy atom. The van der Waals surface area contributed by atoms with Gasteiger partial charge in [-0.1, -0.05) is 6.07 Å². The summed E-state index contributed by atoms with van der Waals surface area (Å²) < 4.78 is 19.0. The lowest BCUT2D eigenvalue weighted by atomic mass is 10.1. The van der Waals surface area contributed by atoms with E-state index < -0.39 is 17.8 Å². The minimum absolute atomic E-state index is 0.127. The molecule has 1 N–H and O–H groups in total. The maximum absolute atomic E-state index is 13.3. The Hall–Kier alpha value is -2.93. The van der Waals surface area contributed by atoms with Gasteiger partial charge in [0.2, 0.25) is 0 Å². The molecule has 7 heteroatoms. The van der Waals surface area contributed by atoms with E-state index in [9.17, 15) is 14.0 Å². The van der Waals surface area contributed by atoms with E-state index in [4.69, 9.17) is 4.74 Å². The van der Waals surface area contributed by atoms with Crippen molar-refractivity contribution < 1.29 is 18.7 Å². The predicted octanol–water partition coefficient (Wildman–Crippen LogP) is 2.75. The normalized spacial score (nSPS) is 16.1. The number of anilines is 2. The molecule has 0 spiro atoms. The number of likely N-dealkylation sites (N-methyl/N-ethyl adjacent to an activating group) is 1. The van der Waals surface area contributed by atoms with Gasteiger partial charge in [-0.05, 0) is 57.4 Å². The van der Waals surface area contributed by atoms with Crippen LogP contribution < -0.4 is 15.0 Å². The van der Waals surface area contributed by atoms with Crippen molar-refractivity contribution in [3.63, 3.8) is 0 Å². The largest absolute Gasteiger partial charge is 0.479 e. The quantitative estimate of drug-likeness (QED) is 0.878. The van der Waals surface area contributed by atoms with Crippen molar-refractivity contribution in [1.29, 1.82) is 0 Å². The van der Waals surface area contributed by atoms with E-state index in [1.807, 2.05) is 19.0 Å². The molecule has 0 aliphatic carbocycles. The minimum Gasteiger partial charge on any atom is -0.479 e. The van der Waals surface area contributed by atoms with Gasteiger partial charge in [-0.3, -0.25) is 9.59 Å². The molecule has 1 aliphatic heterocycles. The SMILES string of the molecule is CC1Oc2ccc(NC(=O)c3cccc(F)c3)cc2N(CCN(C)C)C1=O. The molecular formula is C20H22FN3O3. The maximum atomic E-state index is 13.3. The molecule has 1 unspecified atom stereocenters. The number of carbonyl (C=O) groups excluding carboxylic acids is 2. The van der Waals surface area contributed by atoms with Crippen molar-refractivity contribution >= 4 is 23.2 Å². The number of halogens is 1. The van der Waals surface area contributed by atoms with Crippen LogP contribution in [0, 0.1) is 5.82 Å².